The average molecular weight is 319 g/mol. The molecule has 2 aliphatic rings. The lowest BCUT2D eigenvalue weighted by Crippen LogP contribution is -2.40. The smallest absolute Gasteiger partial charge is 0.307 e. The van der Waals surface area contributed by atoms with Crippen LogP contribution in [0.15, 0.2) is 28.7 Å². The molecular formula is C17H21NO3S. The number of hydrogen-bond acceptors (Lipinski definition) is 3. The molecule has 0 aliphatic heterocycles. The van der Waals surface area contributed by atoms with E-state index < -0.39 is 17.8 Å². The van der Waals surface area contributed by atoms with E-state index in [1.807, 2.05) is 31.4 Å². The van der Waals surface area contributed by atoms with Gasteiger partial charge in [0.2, 0.25) is 5.91 Å². The van der Waals surface area contributed by atoms with Gasteiger partial charge in [0.1, 0.15) is 0 Å². The van der Waals surface area contributed by atoms with Crippen LogP contribution in [-0.2, 0) is 16.1 Å². The summed E-state index contributed by atoms with van der Waals surface area (Å²) in [6.07, 6.45) is 1.84. The Morgan fingerprint density at radius 2 is 1.95 bits per heavy atom. The van der Waals surface area contributed by atoms with Crippen molar-refractivity contribution in [1.82, 2.24) is 5.32 Å². The SMILES string of the molecule is CC(C)=C1[C@H]2CC[C@H]1[C@@H](C(=O)NCc1cccs1)[C@@H]2C(=O)O. The summed E-state index contributed by atoms with van der Waals surface area (Å²) in [5.74, 6) is -1.76. The molecule has 0 unspecified atom stereocenters. The lowest BCUT2D eigenvalue weighted by atomic mass is 9.79. The van der Waals surface area contributed by atoms with Gasteiger partial charge in [-0.15, -0.1) is 11.3 Å². The van der Waals surface area contributed by atoms with Gasteiger partial charge in [0.05, 0.1) is 18.4 Å². The largest absolute Gasteiger partial charge is 0.481 e. The molecule has 4 atom stereocenters. The molecule has 5 heteroatoms. The molecule has 22 heavy (non-hydrogen) atoms. The molecular weight excluding hydrogens is 298 g/mol. The van der Waals surface area contributed by atoms with Crippen molar-refractivity contribution in [2.75, 3.05) is 0 Å². The van der Waals surface area contributed by atoms with Crippen LogP contribution in [-0.4, -0.2) is 17.0 Å². The average Bonchev–Trinajstić information content (AvgIpc) is 3.17. The number of carboxylic acid groups (broad SMARTS) is 1. The van der Waals surface area contributed by atoms with Crippen LogP contribution in [0.3, 0.4) is 0 Å². The molecule has 3 rings (SSSR count). The molecule has 0 saturated heterocycles. The first-order valence-corrected chi connectivity index (χ1v) is 8.58. The van der Waals surface area contributed by atoms with Gasteiger partial charge in [-0.25, -0.2) is 0 Å². The Kier molecular flexibility index (Phi) is 4.08. The van der Waals surface area contributed by atoms with Gasteiger partial charge in [0.25, 0.3) is 0 Å². The molecule has 2 fully saturated rings. The van der Waals surface area contributed by atoms with Crippen LogP contribution in [0.5, 0.6) is 0 Å². The van der Waals surface area contributed by atoms with Gasteiger partial charge in [-0.3, -0.25) is 9.59 Å². The van der Waals surface area contributed by atoms with Crippen LogP contribution in [0.25, 0.3) is 0 Å². The molecule has 0 spiro atoms. The van der Waals surface area contributed by atoms with Crippen molar-refractivity contribution >= 4 is 23.2 Å². The first kappa shape index (κ1) is 15.3. The van der Waals surface area contributed by atoms with Crippen molar-refractivity contribution < 1.29 is 14.7 Å². The monoisotopic (exact) mass is 319 g/mol. The summed E-state index contributed by atoms with van der Waals surface area (Å²) in [5, 5.41) is 14.5. The first-order chi connectivity index (χ1) is 10.5. The van der Waals surface area contributed by atoms with Crippen LogP contribution < -0.4 is 5.32 Å². The van der Waals surface area contributed by atoms with Gasteiger partial charge in [-0.2, -0.15) is 0 Å². The standard InChI is InChI=1S/C17H21NO3S/c1-9(2)13-11-5-6-12(13)15(17(20)21)14(11)16(19)18-8-10-4-3-7-22-10/h3-4,7,11-12,14-15H,5-6,8H2,1-2H3,(H,18,19)(H,20,21)/t11-,12-,14-,15-/m1/s1. The molecule has 2 bridgehead atoms. The second kappa shape index (κ2) is 5.88. The second-order valence-electron chi connectivity index (χ2n) is 6.43. The molecule has 2 N–H and O–H groups in total. The summed E-state index contributed by atoms with van der Waals surface area (Å²) in [6.45, 7) is 4.55. The summed E-state index contributed by atoms with van der Waals surface area (Å²) in [5.41, 5.74) is 2.41. The fourth-order valence-corrected chi connectivity index (χ4v) is 4.95. The van der Waals surface area contributed by atoms with Gasteiger partial charge >= 0.3 is 5.97 Å². The molecule has 1 aromatic heterocycles. The van der Waals surface area contributed by atoms with Gasteiger partial charge in [0, 0.05) is 4.88 Å². The minimum atomic E-state index is -0.831. The van der Waals surface area contributed by atoms with E-state index in [0.29, 0.717) is 6.54 Å². The predicted octanol–water partition coefficient (Wildman–Crippen LogP) is 3.06. The molecule has 1 amide bonds. The van der Waals surface area contributed by atoms with Crippen LogP contribution in [0, 0.1) is 23.7 Å². The maximum atomic E-state index is 12.6. The molecule has 2 aliphatic carbocycles. The highest BCUT2D eigenvalue weighted by Crippen LogP contribution is 2.57. The van der Waals surface area contributed by atoms with Crippen molar-refractivity contribution in [3.63, 3.8) is 0 Å². The number of aliphatic carboxylic acids is 1. The van der Waals surface area contributed by atoms with E-state index in [2.05, 4.69) is 5.32 Å². The van der Waals surface area contributed by atoms with Crippen LogP contribution in [0.4, 0.5) is 0 Å². The molecule has 2 saturated carbocycles. The number of carboxylic acids is 1. The Hall–Kier alpha value is -1.62. The molecule has 0 aromatic carbocycles. The van der Waals surface area contributed by atoms with Crippen molar-refractivity contribution in [1.29, 1.82) is 0 Å². The van der Waals surface area contributed by atoms with Crippen molar-refractivity contribution in [3.05, 3.63) is 33.5 Å². The third-order valence-electron chi connectivity index (χ3n) is 5.02. The number of thiophene rings is 1. The second-order valence-corrected chi connectivity index (χ2v) is 7.46. The van der Waals surface area contributed by atoms with E-state index in [1.165, 1.54) is 11.1 Å². The summed E-state index contributed by atoms with van der Waals surface area (Å²) in [4.78, 5) is 25.4. The number of carbonyl (C=O) groups excluding carboxylic acids is 1. The summed E-state index contributed by atoms with van der Waals surface area (Å²) in [7, 11) is 0. The highest BCUT2D eigenvalue weighted by atomic mass is 32.1. The number of allylic oxidation sites excluding steroid dienone is 2. The molecule has 0 radical (unpaired) electrons. The Bertz CT molecular complexity index is 616. The quantitative estimate of drug-likeness (QED) is 0.838. The van der Waals surface area contributed by atoms with Crippen LogP contribution in [0.2, 0.25) is 0 Å². The fraction of sp³-hybridized carbons (Fsp3) is 0.529. The zero-order valence-electron chi connectivity index (χ0n) is 12.8. The Morgan fingerprint density at radius 1 is 1.27 bits per heavy atom. The third-order valence-corrected chi connectivity index (χ3v) is 5.90. The van der Waals surface area contributed by atoms with Gasteiger partial charge < -0.3 is 10.4 Å². The highest BCUT2D eigenvalue weighted by molar-refractivity contribution is 7.09. The van der Waals surface area contributed by atoms with E-state index in [9.17, 15) is 14.7 Å². The van der Waals surface area contributed by atoms with Crippen molar-refractivity contribution in [3.8, 4) is 0 Å². The summed E-state index contributed by atoms with van der Waals surface area (Å²) >= 11 is 1.59. The van der Waals surface area contributed by atoms with Crippen molar-refractivity contribution in [2.24, 2.45) is 23.7 Å². The van der Waals surface area contributed by atoms with E-state index >= 15 is 0 Å². The molecule has 4 nitrogen and oxygen atoms in total. The first-order valence-electron chi connectivity index (χ1n) is 7.71. The van der Waals surface area contributed by atoms with Gasteiger partial charge in [-0.1, -0.05) is 17.2 Å². The number of rotatable bonds is 4. The van der Waals surface area contributed by atoms with Crippen LogP contribution >= 0.6 is 11.3 Å². The Morgan fingerprint density at radius 3 is 2.50 bits per heavy atom. The maximum absolute atomic E-state index is 12.6. The molecule has 1 heterocycles. The van der Waals surface area contributed by atoms with Gasteiger partial charge in [-0.05, 0) is 50.0 Å². The topological polar surface area (TPSA) is 66.4 Å². The van der Waals surface area contributed by atoms with Crippen molar-refractivity contribution in [2.45, 2.75) is 33.2 Å². The van der Waals surface area contributed by atoms with E-state index in [-0.39, 0.29) is 17.7 Å². The minimum Gasteiger partial charge on any atom is -0.481 e. The zero-order valence-corrected chi connectivity index (χ0v) is 13.7. The maximum Gasteiger partial charge on any atom is 0.307 e. The van der Waals surface area contributed by atoms with E-state index in [1.54, 1.807) is 11.3 Å². The molecule has 118 valence electrons. The van der Waals surface area contributed by atoms with E-state index in [4.69, 9.17) is 0 Å². The third kappa shape index (κ3) is 2.47. The summed E-state index contributed by atoms with van der Waals surface area (Å²) in [6, 6.07) is 3.92. The highest BCUT2D eigenvalue weighted by Gasteiger charge is 2.57. The Balaban J connectivity index is 1.80. The summed E-state index contributed by atoms with van der Waals surface area (Å²) < 4.78 is 0. The minimum absolute atomic E-state index is 0.0463. The van der Waals surface area contributed by atoms with E-state index in [0.717, 1.165) is 17.7 Å². The predicted molar refractivity (Wildman–Crippen MR) is 85.4 cm³/mol. The number of amides is 1. The lowest BCUT2D eigenvalue weighted by Gasteiger charge is -2.26. The number of carbonyl (C=O) groups is 2. The zero-order chi connectivity index (χ0) is 15.9. The normalized spacial score (nSPS) is 29.6. The Labute approximate surface area is 134 Å². The lowest BCUT2D eigenvalue weighted by molar-refractivity contribution is -0.149. The van der Waals surface area contributed by atoms with Gasteiger partial charge in [0.15, 0.2) is 0 Å². The number of fused-ring (bicyclic) bond motifs is 2. The van der Waals surface area contributed by atoms with Crippen LogP contribution in [0.1, 0.15) is 31.6 Å². The number of nitrogens with one attached hydrogen (secondary N) is 1. The molecule has 1 aromatic rings. The fourth-order valence-electron chi connectivity index (χ4n) is 4.31. The number of hydrogen-bond donors (Lipinski definition) is 2.